The lowest BCUT2D eigenvalue weighted by atomic mass is 9.82. The van der Waals surface area contributed by atoms with Crippen molar-refractivity contribution in [1.29, 1.82) is 0 Å². The van der Waals surface area contributed by atoms with Gasteiger partial charge in [0, 0.05) is 48.5 Å². The molecular formula is C42H58N6O5Si. The first-order chi connectivity index (χ1) is 25.8. The summed E-state index contributed by atoms with van der Waals surface area (Å²) in [7, 11) is -2.91. The van der Waals surface area contributed by atoms with Crippen molar-refractivity contribution in [3.05, 3.63) is 94.8 Å². The second-order valence-corrected chi connectivity index (χ2v) is 20.2. The van der Waals surface area contributed by atoms with E-state index < -0.39 is 20.0 Å². The molecule has 2 amide bonds. The van der Waals surface area contributed by atoms with E-state index in [2.05, 4.69) is 53.9 Å². The van der Waals surface area contributed by atoms with Crippen molar-refractivity contribution in [2.24, 2.45) is 11.8 Å². The van der Waals surface area contributed by atoms with E-state index >= 15 is 0 Å². The Kier molecular flexibility index (Phi) is 12.4. The Hall–Kier alpha value is -3.94. The van der Waals surface area contributed by atoms with Crippen LogP contribution in [0.4, 0.5) is 11.4 Å². The molecule has 3 aliphatic rings. The number of ether oxygens (including phenoxy) is 1. The monoisotopic (exact) mass is 754 g/mol. The number of aliphatic hydroxyl groups excluding tert-OH is 1. The average Bonchev–Trinajstić information content (AvgIpc) is 3.80. The summed E-state index contributed by atoms with van der Waals surface area (Å²) in [5.41, 5.74) is 4.66. The van der Waals surface area contributed by atoms with Crippen LogP contribution in [0.25, 0.3) is 0 Å². The highest BCUT2D eigenvalue weighted by atomic mass is 28.4. The Labute approximate surface area is 321 Å². The van der Waals surface area contributed by atoms with Crippen molar-refractivity contribution in [3.63, 3.8) is 0 Å². The number of nitrogens with zero attached hydrogens (tertiary/aromatic N) is 4. The van der Waals surface area contributed by atoms with E-state index in [1.54, 1.807) is 4.68 Å². The van der Waals surface area contributed by atoms with E-state index in [0.29, 0.717) is 37.4 Å². The molecule has 1 aromatic heterocycles. The summed E-state index contributed by atoms with van der Waals surface area (Å²) in [4.78, 5) is 42.0. The fourth-order valence-corrected chi connectivity index (χ4v) is 11.4. The molecule has 0 saturated carbocycles. The van der Waals surface area contributed by atoms with Crippen LogP contribution in [0.3, 0.4) is 0 Å². The van der Waals surface area contributed by atoms with Gasteiger partial charge in [-0.3, -0.25) is 14.3 Å². The third kappa shape index (κ3) is 8.33. The van der Waals surface area contributed by atoms with Crippen LogP contribution in [0, 0.1) is 11.8 Å². The van der Waals surface area contributed by atoms with Crippen LogP contribution >= 0.6 is 0 Å². The fraction of sp³-hybridized carbons (Fsp3) is 0.524. The lowest BCUT2D eigenvalue weighted by Crippen LogP contribution is -2.46. The van der Waals surface area contributed by atoms with Gasteiger partial charge in [-0.1, -0.05) is 65.8 Å². The zero-order chi connectivity index (χ0) is 38.6. The lowest BCUT2D eigenvalue weighted by Gasteiger charge is -2.32. The Morgan fingerprint density at radius 3 is 2.63 bits per heavy atom. The number of anilines is 2. The number of benzene rings is 2. The number of aliphatic hydroxyl groups is 1. The van der Waals surface area contributed by atoms with Crippen LogP contribution in [0.15, 0.2) is 78.0 Å². The number of aryl methyl sites for hydroxylation is 1. The minimum Gasteiger partial charge on any atom is -0.432 e. The van der Waals surface area contributed by atoms with Crippen LogP contribution in [-0.2, 0) is 26.5 Å². The van der Waals surface area contributed by atoms with Crippen LogP contribution in [0.5, 0.6) is 0 Å². The van der Waals surface area contributed by atoms with Gasteiger partial charge in [0.15, 0.2) is 13.9 Å². The van der Waals surface area contributed by atoms with Gasteiger partial charge in [0.1, 0.15) is 0 Å². The number of rotatable bonds is 14. The summed E-state index contributed by atoms with van der Waals surface area (Å²) >= 11 is 0. The van der Waals surface area contributed by atoms with Crippen molar-refractivity contribution in [1.82, 2.24) is 20.3 Å². The van der Waals surface area contributed by atoms with Crippen LogP contribution in [-0.4, -0.2) is 77.4 Å². The SMILES string of the molecule is CC(C)=CCC/C(C)=C/CN1C(=O)[C@]2(O[C@H](CCn3cc(C(CO)c4ccccc4)nn3)[C@@H]([Si](C)(C)O)[C@@H]2C)c2cc(NC(=O)C3CCCNC3)ccc21. The fourth-order valence-electron chi connectivity index (χ4n) is 8.76. The molecule has 2 saturated heterocycles. The maximum atomic E-state index is 15.0. The van der Waals surface area contributed by atoms with Gasteiger partial charge in [0.25, 0.3) is 5.91 Å². The van der Waals surface area contributed by atoms with Crippen molar-refractivity contribution < 1.29 is 24.2 Å². The third-order valence-corrected chi connectivity index (χ3v) is 14.1. The molecule has 290 valence electrons. The molecule has 1 spiro atoms. The molecular weight excluding hydrogens is 697 g/mol. The molecule has 12 heteroatoms. The van der Waals surface area contributed by atoms with E-state index in [9.17, 15) is 19.5 Å². The number of allylic oxidation sites excluding steroid dienone is 3. The molecule has 2 fully saturated rings. The molecule has 0 aliphatic carbocycles. The first kappa shape index (κ1) is 39.7. The van der Waals surface area contributed by atoms with E-state index in [1.165, 1.54) is 11.1 Å². The molecule has 0 radical (unpaired) electrons. The highest BCUT2D eigenvalue weighted by molar-refractivity contribution is 6.71. The topological polar surface area (TPSA) is 142 Å². The zero-order valence-electron chi connectivity index (χ0n) is 32.7. The average molecular weight is 755 g/mol. The predicted molar refractivity (Wildman–Crippen MR) is 215 cm³/mol. The molecule has 3 aromatic rings. The van der Waals surface area contributed by atoms with Crippen molar-refractivity contribution in [3.8, 4) is 0 Å². The van der Waals surface area contributed by atoms with Crippen LogP contribution in [0.2, 0.25) is 18.6 Å². The minimum atomic E-state index is -2.91. The molecule has 11 nitrogen and oxygen atoms in total. The first-order valence-corrected chi connectivity index (χ1v) is 22.6. The first-order valence-electron chi connectivity index (χ1n) is 19.6. The third-order valence-electron chi connectivity index (χ3n) is 11.6. The largest absolute Gasteiger partial charge is 0.432 e. The minimum absolute atomic E-state index is 0.0322. The van der Waals surface area contributed by atoms with E-state index in [0.717, 1.165) is 49.0 Å². The Morgan fingerprint density at radius 2 is 1.94 bits per heavy atom. The second-order valence-electron chi connectivity index (χ2n) is 16.3. The molecule has 6 rings (SSSR count). The van der Waals surface area contributed by atoms with Crippen molar-refractivity contribution in [2.75, 3.05) is 36.5 Å². The molecule has 54 heavy (non-hydrogen) atoms. The molecule has 4 heterocycles. The highest BCUT2D eigenvalue weighted by Gasteiger charge is 2.66. The number of aromatic nitrogens is 3. The molecule has 2 unspecified atom stereocenters. The maximum absolute atomic E-state index is 15.0. The Balaban J connectivity index is 1.30. The Morgan fingerprint density at radius 1 is 1.17 bits per heavy atom. The molecule has 3 aliphatic heterocycles. The highest BCUT2D eigenvalue weighted by Crippen LogP contribution is 2.60. The van der Waals surface area contributed by atoms with Crippen LogP contribution in [0.1, 0.15) is 82.5 Å². The lowest BCUT2D eigenvalue weighted by molar-refractivity contribution is -0.145. The van der Waals surface area contributed by atoms with E-state index in [4.69, 9.17) is 4.74 Å². The zero-order valence-corrected chi connectivity index (χ0v) is 33.7. The van der Waals surface area contributed by atoms with Gasteiger partial charge >= 0.3 is 0 Å². The summed E-state index contributed by atoms with van der Waals surface area (Å²) in [5.74, 6) is -0.927. The number of fused-ring (bicyclic) bond motifs is 2. The predicted octanol–water partition coefficient (Wildman–Crippen LogP) is 6.27. The summed E-state index contributed by atoms with van der Waals surface area (Å²) in [5, 5.41) is 25.5. The van der Waals surface area contributed by atoms with Crippen LogP contribution < -0.4 is 15.5 Å². The number of carbonyl (C=O) groups is 2. The number of amides is 2. The number of piperidine rings is 1. The summed E-state index contributed by atoms with van der Waals surface area (Å²) < 4.78 is 8.86. The van der Waals surface area contributed by atoms with Crippen molar-refractivity contribution in [2.45, 2.75) is 103 Å². The van der Waals surface area contributed by atoms with Gasteiger partial charge in [-0.15, -0.1) is 5.10 Å². The van der Waals surface area contributed by atoms with Gasteiger partial charge in [0.05, 0.1) is 35.9 Å². The summed E-state index contributed by atoms with van der Waals surface area (Å²) in [6, 6.07) is 15.5. The summed E-state index contributed by atoms with van der Waals surface area (Å²) in [6.07, 6.45) is 9.91. The van der Waals surface area contributed by atoms with Gasteiger partial charge in [-0.2, -0.15) is 0 Å². The quantitative estimate of drug-likeness (QED) is 0.112. The van der Waals surface area contributed by atoms with Gasteiger partial charge < -0.3 is 30.2 Å². The van der Waals surface area contributed by atoms with E-state index in [-0.39, 0.29) is 41.7 Å². The smallest absolute Gasteiger partial charge is 0.264 e. The van der Waals surface area contributed by atoms with E-state index in [1.807, 2.05) is 79.6 Å². The summed E-state index contributed by atoms with van der Waals surface area (Å²) in [6.45, 7) is 14.5. The van der Waals surface area contributed by atoms with Gasteiger partial charge in [0.2, 0.25) is 5.91 Å². The number of nitrogens with one attached hydrogen (secondary N) is 2. The normalized spacial score (nSPS) is 24.9. The van der Waals surface area contributed by atoms with Crippen molar-refractivity contribution >= 4 is 31.5 Å². The molecule has 6 atom stereocenters. The standard InChI is InChI=1S/C42H58N6O5Si/c1-28(2)12-10-13-29(3)19-23-48-37-18-17-33(44-40(50)32-16-11-21-43-25-32)24-35(37)42(41(48)51)30(4)39(54(5,6)52)38(53-42)20-22-47-26-36(45-46-47)34(27-49)31-14-8-7-9-15-31/h7-9,12,14-15,17-19,24,26,30,32,34,38-39,43,49,52H,10-11,13,16,20-23,25,27H2,1-6H3,(H,44,50)/b29-19+/t30-,32?,34?,38+,39-,42+/m0/s1. The van der Waals surface area contributed by atoms with Gasteiger partial charge in [-0.05, 0) is 96.3 Å². The number of hydrogen-bond acceptors (Lipinski definition) is 8. The molecule has 2 aromatic carbocycles. The number of carbonyl (C=O) groups excluding carboxylic acids is 2. The maximum Gasteiger partial charge on any atom is 0.264 e. The van der Waals surface area contributed by atoms with Gasteiger partial charge in [-0.25, -0.2) is 0 Å². The number of hydrogen-bond donors (Lipinski definition) is 4. The molecule has 4 N–H and O–H groups in total. The Bertz CT molecular complexity index is 1840. The second kappa shape index (κ2) is 16.8. The molecule has 0 bridgehead atoms.